The van der Waals surface area contributed by atoms with Gasteiger partial charge in [-0.05, 0) is 24.6 Å². The molecule has 0 radical (unpaired) electrons. The second kappa shape index (κ2) is 5.55. The topological polar surface area (TPSA) is 37.8 Å². The molecule has 94 valence electrons. The molecule has 18 heavy (non-hydrogen) atoms. The van der Waals surface area contributed by atoms with E-state index < -0.39 is 0 Å². The highest BCUT2D eigenvalue weighted by Crippen LogP contribution is 2.26. The number of nitrogens with one attached hydrogen (secondary N) is 1. The van der Waals surface area contributed by atoms with E-state index in [1.807, 2.05) is 38.2 Å². The van der Waals surface area contributed by atoms with E-state index in [1.54, 1.807) is 0 Å². The minimum absolute atomic E-state index is 0.523. The van der Waals surface area contributed by atoms with Gasteiger partial charge in [-0.2, -0.15) is 0 Å². The van der Waals surface area contributed by atoms with Gasteiger partial charge in [0.25, 0.3) is 0 Å². The molecule has 1 aromatic heterocycles. The largest absolute Gasteiger partial charge is 0.373 e. The molecule has 0 aliphatic rings. The number of aryl methyl sites for hydroxylation is 1. The van der Waals surface area contributed by atoms with Crippen molar-refractivity contribution in [3.63, 3.8) is 0 Å². The number of benzene rings is 1. The van der Waals surface area contributed by atoms with E-state index in [2.05, 4.69) is 15.3 Å². The first-order chi connectivity index (χ1) is 8.60. The van der Waals surface area contributed by atoms with Gasteiger partial charge in [-0.25, -0.2) is 9.97 Å². The second-order valence-electron chi connectivity index (χ2n) is 3.94. The Bertz CT molecular complexity index is 550. The zero-order valence-corrected chi connectivity index (χ0v) is 11.7. The average Bonchev–Trinajstić information content (AvgIpc) is 2.33. The van der Waals surface area contributed by atoms with Crippen LogP contribution in [-0.2, 0) is 6.42 Å². The first kappa shape index (κ1) is 13.1. The molecule has 0 unspecified atom stereocenters. The Hall–Kier alpha value is -1.32. The zero-order valence-electron chi connectivity index (χ0n) is 10.2. The Balaban J connectivity index is 2.37. The summed E-state index contributed by atoms with van der Waals surface area (Å²) in [5.41, 5.74) is 1.76. The lowest BCUT2D eigenvalue weighted by atomic mass is 10.1. The molecule has 1 aromatic carbocycles. The molecule has 0 saturated carbocycles. The van der Waals surface area contributed by atoms with Crippen LogP contribution in [0.2, 0.25) is 10.0 Å². The van der Waals surface area contributed by atoms with Crippen molar-refractivity contribution in [2.75, 3.05) is 12.4 Å². The van der Waals surface area contributed by atoms with Crippen molar-refractivity contribution in [1.82, 2.24) is 9.97 Å². The molecule has 3 nitrogen and oxygen atoms in total. The summed E-state index contributed by atoms with van der Waals surface area (Å²) in [6.45, 7) is 1.93. The van der Waals surface area contributed by atoms with E-state index >= 15 is 0 Å². The number of hydrogen-bond acceptors (Lipinski definition) is 3. The highest BCUT2D eigenvalue weighted by molar-refractivity contribution is 6.36. The highest BCUT2D eigenvalue weighted by Gasteiger charge is 2.09. The van der Waals surface area contributed by atoms with Crippen LogP contribution in [0, 0.1) is 6.92 Å². The Morgan fingerprint density at radius 1 is 1.17 bits per heavy atom. The number of nitrogens with zero attached hydrogens (tertiary/aromatic N) is 2. The third kappa shape index (κ3) is 2.92. The summed E-state index contributed by atoms with van der Waals surface area (Å²) in [6, 6.07) is 7.34. The normalized spacial score (nSPS) is 10.4. The van der Waals surface area contributed by atoms with Gasteiger partial charge in [-0.3, -0.25) is 0 Å². The quantitative estimate of drug-likeness (QED) is 0.932. The van der Waals surface area contributed by atoms with Crippen LogP contribution < -0.4 is 5.32 Å². The predicted molar refractivity (Wildman–Crippen MR) is 75.6 cm³/mol. The van der Waals surface area contributed by atoms with Crippen LogP contribution in [0.3, 0.4) is 0 Å². The summed E-state index contributed by atoms with van der Waals surface area (Å²) in [6.07, 6.45) is 0.523. The minimum Gasteiger partial charge on any atom is -0.373 e. The van der Waals surface area contributed by atoms with Crippen molar-refractivity contribution in [2.45, 2.75) is 13.3 Å². The number of hydrogen-bond donors (Lipinski definition) is 1. The van der Waals surface area contributed by atoms with Crippen LogP contribution in [0.5, 0.6) is 0 Å². The standard InChI is InChI=1S/C13H13Cl2N3/c1-8-6-12(16-2)18-13(17-8)7-9-10(14)4-3-5-11(9)15/h3-6H,7H2,1-2H3,(H,16,17,18). The SMILES string of the molecule is CNc1cc(C)nc(Cc2c(Cl)cccc2Cl)n1. The fourth-order valence-electron chi connectivity index (χ4n) is 1.70. The third-order valence-electron chi connectivity index (χ3n) is 2.55. The van der Waals surface area contributed by atoms with Crippen molar-refractivity contribution in [3.05, 3.63) is 51.4 Å². The van der Waals surface area contributed by atoms with Gasteiger partial charge >= 0.3 is 0 Å². The van der Waals surface area contributed by atoms with E-state index in [1.165, 1.54) is 0 Å². The smallest absolute Gasteiger partial charge is 0.135 e. The average molecular weight is 282 g/mol. The molecule has 0 saturated heterocycles. The van der Waals surface area contributed by atoms with Crippen LogP contribution in [0.25, 0.3) is 0 Å². The first-order valence-electron chi connectivity index (χ1n) is 5.55. The summed E-state index contributed by atoms with van der Waals surface area (Å²) < 4.78 is 0. The van der Waals surface area contributed by atoms with Gasteiger partial charge in [0, 0.05) is 35.3 Å². The molecule has 0 bridgehead atoms. The molecule has 1 heterocycles. The fourth-order valence-corrected chi connectivity index (χ4v) is 2.23. The lowest BCUT2D eigenvalue weighted by Crippen LogP contribution is -2.03. The number of anilines is 1. The van der Waals surface area contributed by atoms with Crippen LogP contribution in [0.4, 0.5) is 5.82 Å². The molecule has 2 aromatic rings. The fraction of sp³-hybridized carbons (Fsp3) is 0.231. The van der Waals surface area contributed by atoms with Crippen molar-refractivity contribution in [2.24, 2.45) is 0 Å². The maximum absolute atomic E-state index is 6.14. The van der Waals surface area contributed by atoms with Crippen LogP contribution in [0.1, 0.15) is 17.1 Å². The number of halogens is 2. The molecule has 0 atom stereocenters. The van der Waals surface area contributed by atoms with Crippen LogP contribution >= 0.6 is 23.2 Å². The Morgan fingerprint density at radius 3 is 2.44 bits per heavy atom. The monoisotopic (exact) mass is 281 g/mol. The molecular weight excluding hydrogens is 269 g/mol. The molecule has 0 aliphatic carbocycles. The number of aromatic nitrogens is 2. The van der Waals surface area contributed by atoms with Crippen LogP contribution in [-0.4, -0.2) is 17.0 Å². The summed E-state index contributed by atoms with van der Waals surface area (Å²) in [4.78, 5) is 8.78. The van der Waals surface area contributed by atoms with Gasteiger partial charge in [0.1, 0.15) is 11.6 Å². The summed E-state index contributed by atoms with van der Waals surface area (Å²) >= 11 is 12.3. The van der Waals surface area contributed by atoms with Crippen molar-refractivity contribution in [3.8, 4) is 0 Å². The van der Waals surface area contributed by atoms with Crippen LogP contribution in [0.15, 0.2) is 24.3 Å². The summed E-state index contributed by atoms with van der Waals surface area (Å²) in [7, 11) is 1.83. The van der Waals surface area contributed by atoms with Gasteiger partial charge in [0.05, 0.1) is 0 Å². The van der Waals surface area contributed by atoms with E-state index in [4.69, 9.17) is 23.2 Å². The van der Waals surface area contributed by atoms with Crippen molar-refractivity contribution >= 4 is 29.0 Å². The third-order valence-corrected chi connectivity index (χ3v) is 3.26. The maximum atomic E-state index is 6.14. The molecule has 5 heteroatoms. The summed E-state index contributed by atoms with van der Waals surface area (Å²) in [5.74, 6) is 1.50. The van der Waals surface area contributed by atoms with E-state index in [-0.39, 0.29) is 0 Å². The van der Waals surface area contributed by atoms with Gasteiger partial charge in [-0.1, -0.05) is 29.3 Å². The lowest BCUT2D eigenvalue weighted by molar-refractivity contribution is 0.944. The highest BCUT2D eigenvalue weighted by atomic mass is 35.5. The predicted octanol–water partition coefficient (Wildman–Crippen LogP) is 3.72. The maximum Gasteiger partial charge on any atom is 0.135 e. The molecular formula is C13H13Cl2N3. The first-order valence-corrected chi connectivity index (χ1v) is 6.31. The Labute approximate surface area is 116 Å². The van der Waals surface area contributed by atoms with Gasteiger partial charge < -0.3 is 5.32 Å². The minimum atomic E-state index is 0.523. The number of rotatable bonds is 3. The molecule has 0 aliphatic heterocycles. The molecule has 0 fully saturated rings. The Morgan fingerprint density at radius 2 is 1.83 bits per heavy atom. The van der Waals surface area contributed by atoms with Crippen molar-refractivity contribution < 1.29 is 0 Å². The molecule has 0 spiro atoms. The van der Waals surface area contributed by atoms with E-state index in [9.17, 15) is 0 Å². The molecule has 0 amide bonds. The summed E-state index contributed by atoms with van der Waals surface area (Å²) in [5, 5.41) is 4.28. The van der Waals surface area contributed by atoms with E-state index in [0.717, 1.165) is 17.1 Å². The Kier molecular flexibility index (Phi) is 4.04. The van der Waals surface area contributed by atoms with Gasteiger partial charge in [0.15, 0.2) is 0 Å². The lowest BCUT2D eigenvalue weighted by Gasteiger charge is -2.08. The van der Waals surface area contributed by atoms with E-state index in [0.29, 0.717) is 22.3 Å². The molecule has 2 rings (SSSR count). The van der Waals surface area contributed by atoms with Gasteiger partial charge in [-0.15, -0.1) is 0 Å². The second-order valence-corrected chi connectivity index (χ2v) is 4.75. The van der Waals surface area contributed by atoms with Crippen molar-refractivity contribution in [1.29, 1.82) is 0 Å². The molecule has 1 N–H and O–H groups in total. The van der Waals surface area contributed by atoms with Gasteiger partial charge in [0.2, 0.25) is 0 Å². The zero-order chi connectivity index (χ0) is 13.1.